The molecule has 0 atom stereocenters. The van der Waals surface area contributed by atoms with Crippen molar-refractivity contribution in [2.24, 2.45) is 7.05 Å². The Labute approximate surface area is 136 Å². The van der Waals surface area contributed by atoms with Gasteiger partial charge in [0.15, 0.2) is 0 Å². The normalized spacial score (nSPS) is 11.8. The number of benzene rings is 2. The third-order valence-corrected chi connectivity index (χ3v) is 5.52. The van der Waals surface area contributed by atoms with Crippen molar-refractivity contribution in [1.82, 2.24) is 9.55 Å². The summed E-state index contributed by atoms with van der Waals surface area (Å²) in [7, 11) is -1.68. The maximum Gasteiger partial charge on any atom is 0.261 e. The second kappa shape index (κ2) is 5.38. The zero-order chi connectivity index (χ0) is 16.8. The number of nitrogens with one attached hydrogen (secondary N) is 1. The summed E-state index contributed by atoms with van der Waals surface area (Å²) >= 11 is 0. The molecule has 1 heterocycles. The molecule has 120 valence electrons. The van der Waals surface area contributed by atoms with E-state index < -0.39 is 10.0 Å². The first kappa shape index (κ1) is 15.6. The number of fused-ring (bicyclic) bond motifs is 1. The van der Waals surface area contributed by atoms with Crippen molar-refractivity contribution in [1.29, 1.82) is 0 Å². The third kappa shape index (κ3) is 2.82. The summed E-state index contributed by atoms with van der Waals surface area (Å²) < 4.78 is 29.7. The van der Waals surface area contributed by atoms with E-state index >= 15 is 0 Å². The van der Waals surface area contributed by atoms with Gasteiger partial charge in [-0.25, -0.2) is 13.4 Å². The van der Waals surface area contributed by atoms with Crippen molar-refractivity contribution in [3.8, 4) is 0 Å². The van der Waals surface area contributed by atoms with Crippen LogP contribution < -0.4 is 4.72 Å². The molecule has 3 rings (SSSR count). The lowest BCUT2D eigenvalue weighted by Gasteiger charge is -2.10. The number of nitrogens with zero attached hydrogens (tertiary/aromatic N) is 2. The van der Waals surface area contributed by atoms with Gasteiger partial charge in [-0.15, -0.1) is 0 Å². The molecule has 0 aliphatic rings. The number of imidazole rings is 1. The molecule has 2 aromatic carbocycles. The number of rotatable bonds is 3. The van der Waals surface area contributed by atoms with Crippen molar-refractivity contribution in [2.45, 2.75) is 25.7 Å². The molecule has 0 radical (unpaired) electrons. The van der Waals surface area contributed by atoms with Crippen LogP contribution in [0.3, 0.4) is 0 Å². The highest BCUT2D eigenvalue weighted by Gasteiger charge is 2.15. The van der Waals surface area contributed by atoms with Gasteiger partial charge in [0, 0.05) is 7.05 Å². The average Bonchev–Trinajstić information content (AvgIpc) is 2.76. The average molecular weight is 329 g/mol. The van der Waals surface area contributed by atoms with Crippen molar-refractivity contribution in [3.63, 3.8) is 0 Å². The minimum atomic E-state index is -3.61. The van der Waals surface area contributed by atoms with Crippen LogP contribution in [0.5, 0.6) is 0 Å². The van der Waals surface area contributed by atoms with Gasteiger partial charge < -0.3 is 4.57 Å². The minimum absolute atomic E-state index is 0.262. The molecule has 0 saturated carbocycles. The van der Waals surface area contributed by atoms with E-state index in [2.05, 4.69) is 9.71 Å². The quantitative estimate of drug-likeness (QED) is 0.802. The Kier molecular flexibility index (Phi) is 3.64. The van der Waals surface area contributed by atoms with E-state index in [1.54, 1.807) is 24.3 Å². The van der Waals surface area contributed by atoms with Gasteiger partial charge in [-0.2, -0.15) is 0 Å². The van der Waals surface area contributed by atoms with Gasteiger partial charge in [0.2, 0.25) is 0 Å². The summed E-state index contributed by atoms with van der Waals surface area (Å²) in [5.74, 6) is 0.883. The van der Waals surface area contributed by atoms with Crippen LogP contribution in [0.2, 0.25) is 0 Å². The van der Waals surface area contributed by atoms with Crippen LogP contribution in [-0.2, 0) is 17.1 Å². The highest BCUT2D eigenvalue weighted by Crippen LogP contribution is 2.23. The van der Waals surface area contributed by atoms with Crippen LogP contribution >= 0.6 is 0 Å². The SMILES string of the molecule is Cc1ccc(S(=O)(=O)Nc2ccc3c(c2)nc(C)n3C)cc1C. The standard InChI is InChI=1S/C17H19N3O2S/c1-11-5-7-15(9-12(11)2)23(21,22)19-14-6-8-17-16(10-14)18-13(3)20(17)4/h5-10,19H,1-4H3. The molecule has 0 aliphatic heterocycles. The first-order valence-electron chi connectivity index (χ1n) is 7.31. The third-order valence-electron chi connectivity index (χ3n) is 4.15. The lowest BCUT2D eigenvalue weighted by Crippen LogP contribution is -2.13. The van der Waals surface area contributed by atoms with Crippen LogP contribution in [0.25, 0.3) is 11.0 Å². The predicted molar refractivity (Wildman–Crippen MR) is 92.2 cm³/mol. The van der Waals surface area contributed by atoms with Gasteiger partial charge in [0.25, 0.3) is 10.0 Å². The molecule has 3 aromatic rings. The zero-order valence-electron chi connectivity index (χ0n) is 13.6. The second-order valence-corrected chi connectivity index (χ2v) is 7.46. The topological polar surface area (TPSA) is 64.0 Å². The number of aryl methyl sites for hydroxylation is 4. The Morgan fingerprint density at radius 1 is 1.00 bits per heavy atom. The van der Waals surface area contributed by atoms with E-state index in [4.69, 9.17) is 0 Å². The zero-order valence-corrected chi connectivity index (χ0v) is 14.4. The Hall–Kier alpha value is -2.34. The first-order valence-corrected chi connectivity index (χ1v) is 8.79. The lowest BCUT2D eigenvalue weighted by atomic mass is 10.1. The minimum Gasteiger partial charge on any atom is -0.331 e. The molecule has 1 N–H and O–H groups in total. The van der Waals surface area contributed by atoms with E-state index in [1.165, 1.54) is 0 Å². The fourth-order valence-corrected chi connectivity index (χ4v) is 3.61. The van der Waals surface area contributed by atoms with E-state index in [1.807, 2.05) is 44.5 Å². The summed E-state index contributed by atoms with van der Waals surface area (Å²) in [6.45, 7) is 5.77. The van der Waals surface area contributed by atoms with Crippen LogP contribution in [0.15, 0.2) is 41.3 Å². The molecular formula is C17H19N3O2S. The molecule has 6 heteroatoms. The second-order valence-electron chi connectivity index (χ2n) is 5.77. The molecule has 23 heavy (non-hydrogen) atoms. The van der Waals surface area contributed by atoms with Gasteiger partial charge >= 0.3 is 0 Å². The van der Waals surface area contributed by atoms with Gasteiger partial charge in [0.1, 0.15) is 5.82 Å². The molecule has 0 unspecified atom stereocenters. The smallest absolute Gasteiger partial charge is 0.261 e. The molecule has 0 saturated heterocycles. The lowest BCUT2D eigenvalue weighted by molar-refractivity contribution is 0.601. The van der Waals surface area contributed by atoms with Crippen molar-refractivity contribution in [3.05, 3.63) is 53.3 Å². The fourth-order valence-electron chi connectivity index (χ4n) is 2.48. The van der Waals surface area contributed by atoms with Gasteiger partial charge in [-0.05, 0) is 62.2 Å². The molecule has 0 aliphatic carbocycles. The summed E-state index contributed by atoms with van der Waals surface area (Å²) in [5.41, 5.74) is 4.26. The molecule has 1 aromatic heterocycles. The molecule has 0 spiro atoms. The number of aromatic nitrogens is 2. The van der Waals surface area contributed by atoms with Crippen LogP contribution in [0, 0.1) is 20.8 Å². The van der Waals surface area contributed by atoms with Gasteiger partial charge in [-0.3, -0.25) is 4.72 Å². The van der Waals surface area contributed by atoms with Gasteiger partial charge in [-0.1, -0.05) is 6.07 Å². The molecule has 0 amide bonds. The molecular weight excluding hydrogens is 310 g/mol. The summed E-state index contributed by atoms with van der Waals surface area (Å²) in [6.07, 6.45) is 0. The van der Waals surface area contributed by atoms with E-state index in [-0.39, 0.29) is 4.90 Å². The highest BCUT2D eigenvalue weighted by atomic mass is 32.2. The van der Waals surface area contributed by atoms with E-state index in [0.29, 0.717) is 5.69 Å². The largest absolute Gasteiger partial charge is 0.331 e. The summed E-state index contributed by atoms with van der Waals surface area (Å²) in [5, 5.41) is 0. The number of hydrogen-bond acceptors (Lipinski definition) is 3. The van der Waals surface area contributed by atoms with E-state index in [9.17, 15) is 8.42 Å². The molecule has 0 bridgehead atoms. The van der Waals surface area contributed by atoms with Crippen LogP contribution in [-0.4, -0.2) is 18.0 Å². The van der Waals surface area contributed by atoms with E-state index in [0.717, 1.165) is 28.0 Å². The Balaban J connectivity index is 1.98. The molecule has 5 nitrogen and oxygen atoms in total. The number of anilines is 1. The maximum absolute atomic E-state index is 12.5. The Bertz CT molecular complexity index is 1000. The Morgan fingerprint density at radius 3 is 2.43 bits per heavy atom. The van der Waals surface area contributed by atoms with Crippen LogP contribution in [0.1, 0.15) is 17.0 Å². The predicted octanol–water partition coefficient (Wildman–Crippen LogP) is 3.30. The number of sulfonamides is 1. The van der Waals surface area contributed by atoms with Crippen LogP contribution in [0.4, 0.5) is 5.69 Å². The monoisotopic (exact) mass is 329 g/mol. The molecule has 0 fully saturated rings. The van der Waals surface area contributed by atoms with Crippen molar-refractivity contribution in [2.75, 3.05) is 4.72 Å². The van der Waals surface area contributed by atoms with Crippen molar-refractivity contribution < 1.29 is 8.42 Å². The first-order chi connectivity index (χ1) is 10.8. The Morgan fingerprint density at radius 2 is 1.74 bits per heavy atom. The maximum atomic E-state index is 12.5. The summed E-state index contributed by atoms with van der Waals surface area (Å²) in [4.78, 5) is 4.69. The van der Waals surface area contributed by atoms with Gasteiger partial charge in [0.05, 0.1) is 21.6 Å². The number of hydrogen-bond donors (Lipinski definition) is 1. The summed E-state index contributed by atoms with van der Waals surface area (Å²) in [6, 6.07) is 10.5. The highest BCUT2D eigenvalue weighted by molar-refractivity contribution is 7.92. The fraction of sp³-hybridized carbons (Fsp3) is 0.235. The van der Waals surface area contributed by atoms with Crippen molar-refractivity contribution >= 4 is 26.7 Å².